The zero-order chi connectivity index (χ0) is 14.8. The van der Waals surface area contributed by atoms with Crippen LogP contribution in [0.3, 0.4) is 0 Å². The van der Waals surface area contributed by atoms with Gasteiger partial charge in [-0.05, 0) is 36.4 Å². The minimum atomic E-state index is 0.510. The van der Waals surface area contributed by atoms with E-state index in [2.05, 4.69) is 21.4 Å². The van der Waals surface area contributed by atoms with Gasteiger partial charge >= 0.3 is 0 Å². The van der Waals surface area contributed by atoms with Gasteiger partial charge in [-0.2, -0.15) is 5.26 Å². The number of fused-ring (bicyclic) bond motifs is 1. The lowest BCUT2D eigenvalue weighted by molar-refractivity contribution is 1.22. The van der Waals surface area contributed by atoms with Gasteiger partial charge in [-0.25, -0.2) is 9.97 Å². The van der Waals surface area contributed by atoms with Crippen LogP contribution in [0.1, 0.15) is 5.56 Å². The Labute approximate surface area is 126 Å². The minimum Gasteiger partial charge on any atom is -0.399 e. The first-order valence-corrected chi connectivity index (χ1v) is 6.52. The van der Waals surface area contributed by atoms with E-state index < -0.39 is 0 Å². The summed E-state index contributed by atoms with van der Waals surface area (Å²) in [5.74, 6) is 0.608. The summed E-state index contributed by atoms with van der Waals surface area (Å²) in [7, 11) is 0. The van der Waals surface area contributed by atoms with Crippen molar-refractivity contribution in [1.29, 1.82) is 5.26 Å². The van der Waals surface area contributed by atoms with Gasteiger partial charge in [0.15, 0.2) is 0 Å². The van der Waals surface area contributed by atoms with Crippen LogP contribution in [0.5, 0.6) is 0 Å². The maximum atomic E-state index is 8.96. The van der Waals surface area contributed by atoms with Gasteiger partial charge in [0.2, 0.25) is 0 Å². The van der Waals surface area contributed by atoms with Crippen molar-refractivity contribution < 1.29 is 0 Å². The highest BCUT2D eigenvalue weighted by Crippen LogP contribution is 2.29. The second-order valence-corrected chi connectivity index (χ2v) is 4.84. The molecule has 5 nitrogen and oxygen atoms in total. The van der Waals surface area contributed by atoms with Crippen molar-refractivity contribution in [2.24, 2.45) is 0 Å². The minimum absolute atomic E-state index is 0.510. The Morgan fingerprint density at radius 1 is 1.14 bits per heavy atom. The Balaban J connectivity index is 2.08. The van der Waals surface area contributed by atoms with E-state index in [4.69, 9.17) is 22.6 Å². The molecule has 0 saturated carbocycles. The van der Waals surface area contributed by atoms with Crippen molar-refractivity contribution >= 4 is 39.7 Å². The molecule has 1 heterocycles. The summed E-state index contributed by atoms with van der Waals surface area (Å²) in [6, 6.07) is 12.5. The molecular weight excluding hydrogens is 286 g/mol. The van der Waals surface area contributed by atoms with Crippen molar-refractivity contribution in [3.63, 3.8) is 0 Å². The molecule has 0 amide bonds. The average molecular weight is 296 g/mol. The van der Waals surface area contributed by atoms with Gasteiger partial charge in [0.1, 0.15) is 12.1 Å². The summed E-state index contributed by atoms with van der Waals surface area (Å²) in [6.45, 7) is 0. The van der Waals surface area contributed by atoms with Gasteiger partial charge in [0.25, 0.3) is 0 Å². The fraction of sp³-hybridized carbons (Fsp3) is 0. The molecule has 0 unspecified atom stereocenters. The zero-order valence-corrected chi connectivity index (χ0v) is 11.6. The predicted octanol–water partition coefficient (Wildman–Crippen LogP) is 3.48. The van der Waals surface area contributed by atoms with E-state index in [0.29, 0.717) is 27.8 Å². The van der Waals surface area contributed by atoms with Gasteiger partial charge in [-0.1, -0.05) is 11.6 Å². The third-order valence-electron chi connectivity index (χ3n) is 3.01. The highest BCUT2D eigenvalue weighted by Gasteiger charge is 2.07. The number of hydrogen-bond acceptors (Lipinski definition) is 5. The number of benzene rings is 2. The number of nitrogen functional groups attached to an aromatic ring is 1. The molecule has 3 rings (SSSR count). The molecule has 0 saturated heterocycles. The number of hydrogen-bond donors (Lipinski definition) is 2. The van der Waals surface area contributed by atoms with Crippen molar-refractivity contribution in [1.82, 2.24) is 9.97 Å². The van der Waals surface area contributed by atoms with Crippen LogP contribution < -0.4 is 11.1 Å². The van der Waals surface area contributed by atoms with Crippen LogP contribution in [0.4, 0.5) is 17.2 Å². The van der Waals surface area contributed by atoms with E-state index in [1.807, 2.05) is 6.07 Å². The summed E-state index contributed by atoms with van der Waals surface area (Å²) < 4.78 is 0. The second kappa shape index (κ2) is 5.27. The van der Waals surface area contributed by atoms with Crippen molar-refractivity contribution in [3.05, 3.63) is 53.3 Å². The molecular formula is C15H10ClN5. The van der Waals surface area contributed by atoms with Crippen LogP contribution in [0.2, 0.25) is 5.02 Å². The molecule has 102 valence electrons. The molecule has 0 radical (unpaired) electrons. The quantitative estimate of drug-likeness (QED) is 0.707. The third kappa shape index (κ3) is 2.57. The van der Waals surface area contributed by atoms with E-state index >= 15 is 0 Å². The summed E-state index contributed by atoms with van der Waals surface area (Å²) in [4.78, 5) is 8.41. The number of nitriles is 1. The highest BCUT2D eigenvalue weighted by atomic mass is 35.5. The smallest absolute Gasteiger partial charge is 0.141 e. The van der Waals surface area contributed by atoms with Crippen molar-refractivity contribution in [2.45, 2.75) is 0 Å². The number of nitrogens with two attached hydrogens (primary N) is 1. The number of nitrogens with one attached hydrogen (secondary N) is 1. The molecule has 0 aliphatic heterocycles. The molecule has 0 fully saturated rings. The van der Waals surface area contributed by atoms with Gasteiger partial charge in [0.05, 0.1) is 27.9 Å². The Bertz CT molecular complexity index is 870. The van der Waals surface area contributed by atoms with E-state index in [1.165, 1.54) is 6.33 Å². The van der Waals surface area contributed by atoms with Gasteiger partial charge < -0.3 is 11.1 Å². The highest BCUT2D eigenvalue weighted by molar-refractivity contribution is 6.33. The first-order valence-electron chi connectivity index (χ1n) is 6.14. The van der Waals surface area contributed by atoms with Crippen LogP contribution >= 0.6 is 11.6 Å². The number of nitrogens with zero attached hydrogens (tertiary/aromatic N) is 3. The fourth-order valence-electron chi connectivity index (χ4n) is 1.99. The van der Waals surface area contributed by atoms with Crippen LogP contribution in [0, 0.1) is 11.3 Å². The Morgan fingerprint density at radius 2 is 2.00 bits per heavy atom. The van der Waals surface area contributed by atoms with Crippen LogP contribution in [-0.2, 0) is 0 Å². The van der Waals surface area contributed by atoms with Crippen LogP contribution in [0.15, 0.2) is 42.7 Å². The predicted molar refractivity (Wildman–Crippen MR) is 83.4 cm³/mol. The van der Waals surface area contributed by atoms with Gasteiger partial charge in [-0.15, -0.1) is 0 Å². The van der Waals surface area contributed by atoms with E-state index in [0.717, 1.165) is 10.9 Å². The SMILES string of the molecule is N#Cc1ccc(Cl)c(Nc2ncnc3cc(N)ccc23)c1. The Hall–Kier alpha value is -2.84. The van der Waals surface area contributed by atoms with Crippen molar-refractivity contribution in [3.8, 4) is 6.07 Å². The standard InChI is InChI=1S/C15H10ClN5/c16-12-4-1-9(7-17)5-14(12)21-15-11-3-2-10(18)6-13(11)19-8-20-15/h1-6,8H,18H2,(H,19,20,21). The normalized spacial score (nSPS) is 10.3. The lowest BCUT2D eigenvalue weighted by atomic mass is 10.2. The lowest BCUT2D eigenvalue weighted by Crippen LogP contribution is -1.97. The lowest BCUT2D eigenvalue weighted by Gasteiger charge is -2.10. The van der Waals surface area contributed by atoms with E-state index in [-0.39, 0.29) is 0 Å². The molecule has 6 heteroatoms. The topological polar surface area (TPSA) is 87.6 Å². The van der Waals surface area contributed by atoms with Gasteiger partial charge in [-0.3, -0.25) is 0 Å². The zero-order valence-electron chi connectivity index (χ0n) is 10.8. The van der Waals surface area contributed by atoms with E-state index in [1.54, 1.807) is 30.3 Å². The fourth-order valence-corrected chi connectivity index (χ4v) is 2.16. The number of anilines is 3. The largest absolute Gasteiger partial charge is 0.399 e. The number of rotatable bonds is 2. The molecule has 2 aromatic carbocycles. The molecule has 21 heavy (non-hydrogen) atoms. The van der Waals surface area contributed by atoms with Crippen LogP contribution in [0.25, 0.3) is 10.9 Å². The number of halogens is 1. The third-order valence-corrected chi connectivity index (χ3v) is 3.34. The summed E-state index contributed by atoms with van der Waals surface area (Å²) >= 11 is 6.14. The number of aromatic nitrogens is 2. The summed E-state index contributed by atoms with van der Waals surface area (Å²) in [5, 5.41) is 13.4. The molecule has 0 aliphatic carbocycles. The van der Waals surface area contributed by atoms with E-state index in [9.17, 15) is 0 Å². The Morgan fingerprint density at radius 3 is 2.81 bits per heavy atom. The molecule has 0 aliphatic rings. The monoisotopic (exact) mass is 295 g/mol. The van der Waals surface area contributed by atoms with Gasteiger partial charge in [0, 0.05) is 11.1 Å². The van der Waals surface area contributed by atoms with Crippen LogP contribution in [-0.4, -0.2) is 9.97 Å². The first kappa shape index (κ1) is 13.2. The average Bonchev–Trinajstić information content (AvgIpc) is 2.49. The van der Waals surface area contributed by atoms with Crippen molar-refractivity contribution in [2.75, 3.05) is 11.1 Å². The maximum absolute atomic E-state index is 8.96. The molecule has 3 N–H and O–H groups in total. The molecule has 0 bridgehead atoms. The summed E-state index contributed by atoms with van der Waals surface area (Å²) in [5.41, 5.74) is 8.26. The first-order chi connectivity index (χ1) is 10.2. The maximum Gasteiger partial charge on any atom is 0.141 e. The molecule has 0 atom stereocenters. The Kier molecular flexibility index (Phi) is 3.30. The summed E-state index contributed by atoms with van der Waals surface area (Å²) in [6.07, 6.45) is 1.45. The molecule has 0 spiro atoms. The molecule has 3 aromatic rings. The second-order valence-electron chi connectivity index (χ2n) is 4.43. The molecule has 1 aromatic heterocycles.